The van der Waals surface area contributed by atoms with E-state index in [1.54, 1.807) is 32.0 Å². The fourth-order valence-electron chi connectivity index (χ4n) is 2.55. The summed E-state index contributed by atoms with van der Waals surface area (Å²) in [7, 11) is 0. The Labute approximate surface area is 110 Å². The molecule has 98 valence electrons. The molecule has 0 unspecified atom stereocenters. The van der Waals surface area contributed by atoms with Crippen LogP contribution in [0.5, 0.6) is 5.75 Å². The number of phenols is 1. The number of hydrogen-bond donors (Lipinski definition) is 3. The lowest BCUT2D eigenvalue weighted by atomic mass is 9.95. The Kier molecular flexibility index (Phi) is 2.28. The molecule has 0 saturated heterocycles. The Morgan fingerprint density at radius 3 is 2.42 bits per heavy atom. The molecule has 3 rings (SSSR count). The Morgan fingerprint density at radius 2 is 1.74 bits per heavy atom. The lowest BCUT2D eigenvalue weighted by Gasteiger charge is -2.19. The molecule has 0 aliphatic rings. The fraction of sp³-hybridized carbons (Fsp3) is 0.200. The van der Waals surface area contributed by atoms with Gasteiger partial charge >= 0.3 is 0 Å². The molecule has 2 aromatic carbocycles. The molecule has 1 aromatic heterocycles. The Hall–Kier alpha value is -2.20. The van der Waals surface area contributed by atoms with Crippen LogP contribution in [0.2, 0.25) is 0 Å². The van der Waals surface area contributed by atoms with Crippen LogP contribution in [0.4, 0.5) is 0 Å². The van der Waals surface area contributed by atoms with E-state index in [1.165, 1.54) is 0 Å². The van der Waals surface area contributed by atoms with Crippen molar-refractivity contribution < 1.29 is 15.4 Å². The normalized spacial score (nSPS) is 12.4. The monoisotopic (exact) mass is 257 g/mol. The molecule has 3 aromatic rings. The van der Waals surface area contributed by atoms with E-state index in [9.17, 15) is 15.4 Å². The molecule has 4 nitrogen and oxygen atoms in total. The SMILES string of the molecule is CC(C)(O)c1ccc(O)c2c3ccccc3n(O)c12. The van der Waals surface area contributed by atoms with Crippen molar-refractivity contribution in [2.75, 3.05) is 0 Å². The molecule has 0 saturated carbocycles. The van der Waals surface area contributed by atoms with Gasteiger partial charge < -0.3 is 15.4 Å². The molecule has 0 aliphatic carbocycles. The zero-order chi connectivity index (χ0) is 13.8. The van der Waals surface area contributed by atoms with Gasteiger partial charge in [-0.2, -0.15) is 4.73 Å². The maximum Gasteiger partial charge on any atom is 0.125 e. The maximum atomic E-state index is 10.3. The molecule has 0 spiro atoms. The summed E-state index contributed by atoms with van der Waals surface area (Å²) >= 11 is 0. The number of hydrogen-bond acceptors (Lipinski definition) is 3. The number of fused-ring (bicyclic) bond motifs is 3. The summed E-state index contributed by atoms with van der Waals surface area (Å²) in [5, 5.41) is 31.9. The summed E-state index contributed by atoms with van der Waals surface area (Å²) in [5.74, 6) is 0.0898. The number of rotatable bonds is 1. The van der Waals surface area contributed by atoms with E-state index < -0.39 is 5.60 Å². The van der Waals surface area contributed by atoms with E-state index in [4.69, 9.17) is 0 Å². The van der Waals surface area contributed by atoms with Crippen LogP contribution in [0.15, 0.2) is 36.4 Å². The first-order valence-electron chi connectivity index (χ1n) is 6.08. The summed E-state index contributed by atoms with van der Waals surface area (Å²) in [6, 6.07) is 10.4. The van der Waals surface area contributed by atoms with Crippen LogP contribution in [0.1, 0.15) is 19.4 Å². The predicted molar refractivity (Wildman–Crippen MR) is 73.5 cm³/mol. The van der Waals surface area contributed by atoms with E-state index in [-0.39, 0.29) is 5.75 Å². The van der Waals surface area contributed by atoms with Crippen LogP contribution in [-0.4, -0.2) is 20.2 Å². The number of nitrogens with zero attached hydrogens (tertiary/aromatic N) is 1. The standard InChI is InChI=1S/C15H15NO3/c1-15(2,18)10-7-8-12(17)13-9-5-3-4-6-11(9)16(19)14(10)13/h3-8,17-19H,1-2H3. The lowest BCUT2D eigenvalue weighted by Crippen LogP contribution is -2.16. The van der Waals surface area contributed by atoms with Crippen molar-refractivity contribution in [3.63, 3.8) is 0 Å². The van der Waals surface area contributed by atoms with Gasteiger partial charge in [0.15, 0.2) is 0 Å². The van der Waals surface area contributed by atoms with Gasteiger partial charge in [-0.15, -0.1) is 0 Å². The van der Waals surface area contributed by atoms with Gasteiger partial charge in [0.05, 0.1) is 22.0 Å². The van der Waals surface area contributed by atoms with Gasteiger partial charge in [-0.3, -0.25) is 0 Å². The van der Waals surface area contributed by atoms with E-state index in [1.807, 2.05) is 18.2 Å². The second-order valence-electron chi connectivity index (χ2n) is 5.24. The van der Waals surface area contributed by atoms with Crippen molar-refractivity contribution in [2.24, 2.45) is 0 Å². The van der Waals surface area contributed by atoms with Crippen LogP contribution in [0, 0.1) is 0 Å². The number of benzene rings is 2. The van der Waals surface area contributed by atoms with Gasteiger partial charge in [0.2, 0.25) is 0 Å². The number of para-hydroxylation sites is 1. The van der Waals surface area contributed by atoms with Gasteiger partial charge in [0, 0.05) is 10.9 Å². The third-order valence-corrected chi connectivity index (χ3v) is 3.43. The van der Waals surface area contributed by atoms with Crippen molar-refractivity contribution in [3.05, 3.63) is 42.0 Å². The third kappa shape index (κ3) is 1.57. The topological polar surface area (TPSA) is 65.6 Å². The summed E-state index contributed by atoms with van der Waals surface area (Å²) in [4.78, 5) is 0. The molecular weight excluding hydrogens is 242 g/mol. The highest BCUT2D eigenvalue weighted by atomic mass is 16.5. The molecular formula is C15H15NO3. The van der Waals surface area contributed by atoms with E-state index in [2.05, 4.69) is 0 Å². The molecule has 0 amide bonds. The van der Waals surface area contributed by atoms with E-state index in [0.29, 0.717) is 22.0 Å². The first-order chi connectivity index (χ1) is 8.91. The Balaban J connectivity index is 2.61. The minimum Gasteiger partial charge on any atom is -0.507 e. The second-order valence-corrected chi connectivity index (χ2v) is 5.24. The quantitative estimate of drug-likeness (QED) is 0.587. The van der Waals surface area contributed by atoms with Crippen molar-refractivity contribution in [1.29, 1.82) is 0 Å². The van der Waals surface area contributed by atoms with Gasteiger partial charge in [-0.05, 0) is 26.0 Å². The summed E-state index contributed by atoms with van der Waals surface area (Å²) < 4.78 is 1.03. The lowest BCUT2D eigenvalue weighted by molar-refractivity contribution is 0.0785. The van der Waals surface area contributed by atoms with Crippen LogP contribution in [0.3, 0.4) is 0 Å². The highest BCUT2D eigenvalue weighted by Gasteiger charge is 2.25. The first kappa shape index (κ1) is 11.9. The zero-order valence-corrected chi connectivity index (χ0v) is 10.8. The smallest absolute Gasteiger partial charge is 0.125 e. The highest BCUT2D eigenvalue weighted by Crippen LogP contribution is 2.39. The average Bonchev–Trinajstić information content (AvgIpc) is 2.64. The highest BCUT2D eigenvalue weighted by molar-refractivity contribution is 6.11. The molecule has 1 heterocycles. The summed E-state index contributed by atoms with van der Waals surface area (Å²) in [6.07, 6.45) is 0. The van der Waals surface area contributed by atoms with Gasteiger partial charge in [-0.1, -0.05) is 24.3 Å². The van der Waals surface area contributed by atoms with Gasteiger partial charge in [0.1, 0.15) is 5.75 Å². The number of aliphatic hydroxyl groups is 1. The number of aromatic hydroxyl groups is 1. The van der Waals surface area contributed by atoms with E-state index in [0.717, 1.165) is 10.1 Å². The van der Waals surface area contributed by atoms with Crippen molar-refractivity contribution in [1.82, 2.24) is 4.73 Å². The molecule has 0 bridgehead atoms. The minimum absolute atomic E-state index is 0.0898. The third-order valence-electron chi connectivity index (χ3n) is 3.43. The van der Waals surface area contributed by atoms with E-state index >= 15 is 0 Å². The minimum atomic E-state index is -1.11. The first-order valence-corrected chi connectivity index (χ1v) is 6.08. The molecule has 4 heteroatoms. The molecule has 0 radical (unpaired) electrons. The van der Waals surface area contributed by atoms with Crippen molar-refractivity contribution in [2.45, 2.75) is 19.4 Å². The summed E-state index contributed by atoms with van der Waals surface area (Å²) in [5.41, 5.74) is 0.498. The maximum absolute atomic E-state index is 10.3. The second kappa shape index (κ2) is 3.65. The Morgan fingerprint density at radius 1 is 1.05 bits per heavy atom. The summed E-state index contributed by atoms with van der Waals surface area (Å²) in [6.45, 7) is 3.30. The molecule has 0 atom stereocenters. The van der Waals surface area contributed by atoms with Gasteiger partial charge in [0.25, 0.3) is 0 Å². The van der Waals surface area contributed by atoms with Crippen LogP contribution in [0.25, 0.3) is 21.8 Å². The number of phenolic OH excluding ortho intramolecular Hbond substituents is 1. The molecule has 0 fully saturated rings. The van der Waals surface area contributed by atoms with Crippen molar-refractivity contribution >= 4 is 21.8 Å². The van der Waals surface area contributed by atoms with Crippen LogP contribution >= 0.6 is 0 Å². The molecule has 0 aliphatic heterocycles. The van der Waals surface area contributed by atoms with Gasteiger partial charge in [-0.25, -0.2) is 0 Å². The average molecular weight is 257 g/mol. The number of aromatic nitrogens is 1. The van der Waals surface area contributed by atoms with Crippen LogP contribution < -0.4 is 0 Å². The fourth-order valence-corrected chi connectivity index (χ4v) is 2.55. The van der Waals surface area contributed by atoms with Crippen LogP contribution in [-0.2, 0) is 5.60 Å². The molecule has 19 heavy (non-hydrogen) atoms. The Bertz CT molecular complexity index is 781. The predicted octanol–water partition coefficient (Wildman–Crippen LogP) is 2.96. The largest absolute Gasteiger partial charge is 0.507 e. The zero-order valence-electron chi connectivity index (χ0n) is 10.8. The molecule has 3 N–H and O–H groups in total. The van der Waals surface area contributed by atoms with Crippen molar-refractivity contribution in [3.8, 4) is 5.75 Å².